The molecule has 1 aliphatic heterocycles. The molecule has 1 fully saturated rings. The Balaban J connectivity index is 1.50. The zero-order valence-corrected chi connectivity index (χ0v) is 18.3. The highest BCUT2D eigenvalue weighted by Crippen LogP contribution is 2.39. The van der Waals surface area contributed by atoms with Gasteiger partial charge in [0.15, 0.2) is 0 Å². The third-order valence-electron chi connectivity index (χ3n) is 5.45. The van der Waals surface area contributed by atoms with E-state index in [1.54, 1.807) is 44.6 Å². The Morgan fingerprint density at radius 1 is 1.06 bits per heavy atom. The predicted molar refractivity (Wildman–Crippen MR) is 121 cm³/mol. The fourth-order valence-electron chi connectivity index (χ4n) is 3.89. The van der Waals surface area contributed by atoms with E-state index in [9.17, 15) is 9.59 Å². The molecular formula is C24H24N2O4S. The first-order valence-electron chi connectivity index (χ1n) is 10.1. The minimum absolute atomic E-state index is 0.0310. The van der Waals surface area contributed by atoms with Crippen LogP contribution in [0.4, 0.5) is 5.69 Å². The lowest BCUT2D eigenvalue weighted by molar-refractivity contribution is 0.0734. The fraction of sp³-hybridized carbons (Fsp3) is 0.250. The van der Waals surface area contributed by atoms with Crippen LogP contribution in [0.5, 0.6) is 11.5 Å². The molecular weight excluding hydrogens is 412 g/mol. The summed E-state index contributed by atoms with van der Waals surface area (Å²) in [6.45, 7) is 0.690. The van der Waals surface area contributed by atoms with E-state index < -0.39 is 0 Å². The first-order chi connectivity index (χ1) is 15.1. The van der Waals surface area contributed by atoms with E-state index in [1.165, 1.54) is 11.3 Å². The Kier molecular flexibility index (Phi) is 6.23. The van der Waals surface area contributed by atoms with Crippen molar-refractivity contribution in [1.82, 2.24) is 4.90 Å². The summed E-state index contributed by atoms with van der Waals surface area (Å²) in [7, 11) is 3.24. The molecule has 0 saturated carbocycles. The van der Waals surface area contributed by atoms with Gasteiger partial charge in [0, 0.05) is 29.4 Å². The lowest BCUT2D eigenvalue weighted by Crippen LogP contribution is -2.30. The molecule has 1 aromatic heterocycles. The van der Waals surface area contributed by atoms with Gasteiger partial charge in [-0.05, 0) is 60.7 Å². The van der Waals surface area contributed by atoms with Crippen molar-refractivity contribution in [3.8, 4) is 11.5 Å². The maximum Gasteiger partial charge on any atom is 0.265 e. The van der Waals surface area contributed by atoms with Crippen molar-refractivity contribution in [2.45, 2.75) is 18.9 Å². The summed E-state index contributed by atoms with van der Waals surface area (Å²) < 4.78 is 10.9. The molecule has 2 amide bonds. The highest BCUT2D eigenvalue weighted by Gasteiger charge is 2.32. The molecule has 0 aliphatic carbocycles. The van der Waals surface area contributed by atoms with E-state index in [4.69, 9.17) is 9.47 Å². The molecule has 160 valence electrons. The Hall–Kier alpha value is -3.32. The highest BCUT2D eigenvalue weighted by atomic mass is 32.1. The third-order valence-corrected chi connectivity index (χ3v) is 6.32. The van der Waals surface area contributed by atoms with Crippen LogP contribution in [-0.2, 0) is 0 Å². The molecule has 0 radical (unpaired) electrons. The zero-order valence-electron chi connectivity index (χ0n) is 17.5. The number of nitrogens with zero attached hydrogens (tertiary/aromatic N) is 1. The number of carbonyl (C=O) groups excluding carboxylic acids is 2. The SMILES string of the molecule is COc1ccc([C@@H]2CCCN2C(=O)c2ccc(NC(=O)c3cccs3)cc2)c(OC)c1. The highest BCUT2D eigenvalue weighted by molar-refractivity contribution is 7.12. The van der Waals surface area contributed by atoms with E-state index in [1.807, 2.05) is 34.5 Å². The lowest BCUT2D eigenvalue weighted by atomic mass is 10.0. The number of hydrogen-bond acceptors (Lipinski definition) is 5. The minimum Gasteiger partial charge on any atom is -0.497 e. The molecule has 2 heterocycles. The lowest BCUT2D eigenvalue weighted by Gasteiger charge is -2.26. The van der Waals surface area contributed by atoms with Crippen LogP contribution < -0.4 is 14.8 Å². The first kappa shape index (κ1) is 20.9. The third kappa shape index (κ3) is 4.41. The number of carbonyl (C=O) groups is 2. The van der Waals surface area contributed by atoms with E-state index in [0.717, 1.165) is 29.9 Å². The van der Waals surface area contributed by atoms with Gasteiger partial charge in [-0.1, -0.05) is 6.07 Å². The van der Waals surface area contributed by atoms with E-state index in [2.05, 4.69) is 5.32 Å². The van der Waals surface area contributed by atoms with Gasteiger partial charge in [-0.3, -0.25) is 9.59 Å². The first-order valence-corrected chi connectivity index (χ1v) is 11.0. The van der Waals surface area contributed by atoms with Crippen LogP contribution in [0.2, 0.25) is 0 Å². The molecule has 1 atom stereocenters. The largest absolute Gasteiger partial charge is 0.497 e. The van der Waals surface area contributed by atoms with Crippen LogP contribution in [0.1, 0.15) is 44.5 Å². The van der Waals surface area contributed by atoms with Crippen molar-refractivity contribution in [2.75, 3.05) is 26.1 Å². The maximum absolute atomic E-state index is 13.2. The number of benzene rings is 2. The summed E-state index contributed by atoms with van der Waals surface area (Å²) >= 11 is 1.39. The number of rotatable bonds is 6. The van der Waals surface area contributed by atoms with Gasteiger partial charge in [-0.2, -0.15) is 0 Å². The number of amides is 2. The fourth-order valence-corrected chi connectivity index (χ4v) is 4.51. The number of methoxy groups -OCH3 is 2. The molecule has 2 aromatic carbocycles. The Morgan fingerprint density at radius 2 is 1.87 bits per heavy atom. The summed E-state index contributed by atoms with van der Waals surface area (Å²) in [6.07, 6.45) is 1.81. The van der Waals surface area contributed by atoms with E-state index in [0.29, 0.717) is 22.7 Å². The van der Waals surface area contributed by atoms with Crippen LogP contribution in [0.25, 0.3) is 0 Å². The van der Waals surface area contributed by atoms with Crippen LogP contribution in [-0.4, -0.2) is 37.5 Å². The zero-order chi connectivity index (χ0) is 21.8. The predicted octanol–water partition coefficient (Wildman–Crippen LogP) is 4.99. The Bertz CT molecular complexity index is 1060. The van der Waals surface area contributed by atoms with Crippen molar-refractivity contribution in [1.29, 1.82) is 0 Å². The van der Waals surface area contributed by atoms with Gasteiger partial charge in [0.2, 0.25) is 0 Å². The summed E-state index contributed by atoms with van der Waals surface area (Å²) in [5.74, 6) is 1.25. The smallest absolute Gasteiger partial charge is 0.265 e. The molecule has 0 spiro atoms. The molecule has 7 heteroatoms. The molecule has 4 rings (SSSR count). The second kappa shape index (κ2) is 9.22. The van der Waals surface area contributed by atoms with Crippen molar-refractivity contribution in [3.05, 3.63) is 76.0 Å². The van der Waals surface area contributed by atoms with Crippen LogP contribution >= 0.6 is 11.3 Å². The average molecular weight is 437 g/mol. The Labute approximate surface area is 185 Å². The van der Waals surface area contributed by atoms with Gasteiger partial charge >= 0.3 is 0 Å². The summed E-state index contributed by atoms with van der Waals surface area (Å²) in [6, 6.07) is 16.3. The van der Waals surface area contributed by atoms with Gasteiger partial charge in [0.05, 0.1) is 25.1 Å². The molecule has 3 aromatic rings. The molecule has 31 heavy (non-hydrogen) atoms. The maximum atomic E-state index is 13.2. The monoisotopic (exact) mass is 436 g/mol. The average Bonchev–Trinajstić information content (AvgIpc) is 3.51. The molecule has 1 aliphatic rings. The number of hydrogen-bond donors (Lipinski definition) is 1. The number of anilines is 1. The summed E-state index contributed by atoms with van der Waals surface area (Å²) in [4.78, 5) is 28.0. The molecule has 1 saturated heterocycles. The Morgan fingerprint density at radius 3 is 2.55 bits per heavy atom. The van der Waals surface area contributed by atoms with Gasteiger partial charge in [-0.25, -0.2) is 0 Å². The second-order valence-corrected chi connectivity index (χ2v) is 8.22. The molecule has 0 bridgehead atoms. The van der Waals surface area contributed by atoms with E-state index in [-0.39, 0.29) is 17.9 Å². The summed E-state index contributed by atoms with van der Waals surface area (Å²) in [5.41, 5.74) is 2.23. The van der Waals surface area contributed by atoms with Crippen LogP contribution in [0, 0.1) is 0 Å². The van der Waals surface area contributed by atoms with E-state index >= 15 is 0 Å². The molecule has 0 unspecified atom stereocenters. The second-order valence-electron chi connectivity index (χ2n) is 7.27. The van der Waals surface area contributed by atoms with Crippen LogP contribution in [0.3, 0.4) is 0 Å². The topological polar surface area (TPSA) is 67.9 Å². The number of nitrogens with one attached hydrogen (secondary N) is 1. The van der Waals surface area contributed by atoms with Gasteiger partial charge in [-0.15, -0.1) is 11.3 Å². The van der Waals surface area contributed by atoms with Crippen molar-refractivity contribution < 1.29 is 19.1 Å². The van der Waals surface area contributed by atoms with Crippen molar-refractivity contribution in [3.63, 3.8) is 0 Å². The van der Waals surface area contributed by atoms with Crippen LogP contribution in [0.15, 0.2) is 60.0 Å². The van der Waals surface area contributed by atoms with Gasteiger partial charge in [0.1, 0.15) is 11.5 Å². The van der Waals surface area contributed by atoms with Gasteiger partial charge in [0.25, 0.3) is 11.8 Å². The standard InChI is InChI=1S/C24H24N2O4S/c1-29-18-11-12-19(21(15-18)30-2)20-5-3-13-26(20)24(28)16-7-9-17(10-8-16)25-23(27)22-6-4-14-31-22/h4,6-12,14-15,20H,3,5,13H2,1-2H3,(H,25,27)/t20-/m0/s1. The minimum atomic E-state index is -0.153. The van der Waals surface area contributed by atoms with Crippen molar-refractivity contribution in [2.24, 2.45) is 0 Å². The van der Waals surface area contributed by atoms with Crippen molar-refractivity contribution >= 4 is 28.8 Å². The van der Waals surface area contributed by atoms with Gasteiger partial charge < -0.3 is 19.7 Å². The molecule has 1 N–H and O–H groups in total. The quantitative estimate of drug-likeness (QED) is 0.591. The number of likely N-dealkylation sites (tertiary alicyclic amines) is 1. The normalized spacial score (nSPS) is 15.5. The number of thiophene rings is 1. The summed E-state index contributed by atoms with van der Waals surface area (Å²) in [5, 5.41) is 4.72. The molecule has 6 nitrogen and oxygen atoms in total. The number of ether oxygens (including phenoxy) is 2.